The van der Waals surface area contributed by atoms with Crippen LogP contribution in [0.1, 0.15) is 0 Å². The normalized spacial score (nSPS) is 10.5. The van der Waals surface area contributed by atoms with Gasteiger partial charge in [-0.15, -0.1) is 0 Å². The molecular formula is C6H8N2. The lowest BCUT2D eigenvalue weighted by molar-refractivity contribution is 1.27. The molecule has 0 aliphatic carbocycles. The quantitative estimate of drug-likeness (QED) is 0.386. The van der Waals surface area contributed by atoms with Crippen LogP contribution in [0.25, 0.3) is 0 Å². The van der Waals surface area contributed by atoms with Gasteiger partial charge in [-0.25, -0.2) is 0 Å². The van der Waals surface area contributed by atoms with E-state index in [0.717, 1.165) is 0 Å². The molecule has 0 aromatic heterocycles. The fourth-order valence-corrected chi connectivity index (χ4v) is 0.171. The molecular weight excluding hydrogens is 100 g/mol. The van der Waals surface area contributed by atoms with E-state index in [1.54, 1.807) is 12.2 Å². The second-order valence-corrected chi connectivity index (χ2v) is 1.00. The predicted octanol–water partition coefficient (Wildman–Crippen LogP) is 1.42. The van der Waals surface area contributed by atoms with Crippen molar-refractivity contribution in [1.82, 2.24) is 0 Å². The van der Waals surface area contributed by atoms with Crippen LogP contribution in [0, 0.1) is 0 Å². The minimum atomic E-state index is 1.50. The van der Waals surface area contributed by atoms with E-state index in [0.29, 0.717) is 0 Å². The number of nitrogens with zero attached hydrogens (tertiary/aromatic N) is 2. The predicted molar refractivity (Wildman–Crippen MR) is 37.4 cm³/mol. The molecule has 0 rings (SSSR count). The summed E-state index contributed by atoms with van der Waals surface area (Å²) in [7, 11) is 0. The standard InChI is InChI=1S/C6H8N2/c1-3-5-7-8-6-4-2/h3-6H,1-2H2/b7-5+,8-6+. The summed E-state index contributed by atoms with van der Waals surface area (Å²) in [6, 6.07) is 0. The van der Waals surface area contributed by atoms with Gasteiger partial charge < -0.3 is 0 Å². The van der Waals surface area contributed by atoms with E-state index in [4.69, 9.17) is 0 Å². The Kier molecular flexibility index (Phi) is 4.96. The molecule has 0 atom stereocenters. The zero-order valence-corrected chi connectivity index (χ0v) is 4.62. The number of hydrogen-bond acceptors (Lipinski definition) is 2. The topological polar surface area (TPSA) is 24.7 Å². The summed E-state index contributed by atoms with van der Waals surface area (Å²) in [4.78, 5) is 0. The van der Waals surface area contributed by atoms with Gasteiger partial charge in [0.2, 0.25) is 0 Å². The van der Waals surface area contributed by atoms with Gasteiger partial charge in [0, 0.05) is 12.4 Å². The molecule has 0 N–H and O–H groups in total. The zero-order valence-electron chi connectivity index (χ0n) is 4.62. The highest BCUT2D eigenvalue weighted by Crippen LogP contribution is 1.66. The second kappa shape index (κ2) is 5.82. The molecule has 2 heteroatoms. The molecule has 0 heterocycles. The van der Waals surface area contributed by atoms with Crippen LogP contribution >= 0.6 is 0 Å². The number of allylic oxidation sites excluding steroid dienone is 2. The lowest BCUT2D eigenvalue weighted by Gasteiger charge is -1.68. The second-order valence-electron chi connectivity index (χ2n) is 1.00. The van der Waals surface area contributed by atoms with Crippen molar-refractivity contribution in [2.45, 2.75) is 0 Å². The van der Waals surface area contributed by atoms with Gasteiger partial charge >= 0.3 is 0 Å². The number of hydrogen-bond donors (Lipinski definition) is 0. The van der Waals surface area contributed by atoms with Crippen LogP contribution in [-0.4, -0.2) is 12.4 Å². The molecule has 0 saturated carbocycles. The average molecular weight is 108 g/mol. The fraction of sp³-hybridized carbons (Fsp3) is 0. The highest BCUT2D eigenvalue weighted by atomic mass is 15.2. The summed E-state index contributed by atoms with van der Waals surface area (Å²) in [6.07, 6.45) is 6.11. The van der Waals surface area contributed by atoms with E-state index >= 15 is 0 Å². The molecule has 0 aliphatic rings. The Morgan fingerprint density at radius 3 is 1.50 bits per heavy atom. The van der Waals surface area contributed by atoms with Crippen molar-refractivity contribution in [3.8, 4) is 0 Å². The minimum Gasteiger partial charge on any atom is -0.159 e. The largest absolute Gasteiger partial charge is 0.159 e. The zero-order chi connectivity index (χ0) is 6.24. The van der Waals surface area contributed by atoms with Gasteiger partial charge in [0.25, 0.3) is 0 Å². The van der Waals surface area contributed by atoms with E-state index in [9.17, 15) is 0 Å². The van der Waals surface area contributed by atoms with Crippen LogP contribution in [0.2, 0.25) is 0 Å². The SMILES string of the molecule is C=C/C=N/N=C/C=C. The maximum Gasteiger partial charge on any atom is 0.0489 e. The van der Waals surface area contributed by atoms with Crippen molar-refractivity contribution in [3.05, 3.63) is 25.3 Å². The van der Waals surface area contributed by atoms with Gasteiger partial charge in [-0.3, -0.25) is 0 Å². The van der Waals surface area contributed by atoms with Crippen LogP contribution in [-0.2, 0) is 0 Å². The van der Waals surface area contributed by atoms with E-state index in [2.05, 4.69) is 23.4 Å². The highest BCUT2D eigenvalue weighted by molar-refractivity contribution is 5.73. The summed E-state index contributed by atoms with van der Waals surface area (Å²) in [5.74, 6) is 0. The summed E-state index contributed by atoms with van der Waals surface area (Å²) in [5.41, 5.74) is 0. The fourth-order valence-electron chi connectivity index (χ4n) is 0.171. The summed E-state index contributed by atoms with van der Waals surface area (Å²) >= 11 is 0. The van der Waals surface area contributed by atoms with E-state index in [-0.39, 0.29) is 0 Å². The smallest absolute Gasteiger partial charge is 0.0489 e. The molecule has 0 saturated heterocycles. The third kappa shape index (κ3) is 4.82. The molecule has 0 fully saturated rings. The molecule has 0 spiro atoms. The van der Waals surface area contributed by atoms with Crippen LogP contribution in [0.15, 0.2) is 35.5 Å². The van der Waals surface area contributed by atoms with E-state index < -0.39 is 0 Å². The highest BCUT2D eigenvalue weighted by Gasteiger charge is 1.55. The van der Waals surface area contributed by atoms with Crippen molar-refractivity contribution in [1.29, 1.82) is 0 Å². The van der Waals surface area contributed by atoms with Crippen LogP contribution < -0.4 is 0 Å². The van der Waals surface area contributed by atoms with Gasteiger partial charge in [-0.2, -0.15) is 10.2 Å². The molecule has 0 aromatic rings. The molecule has 0 bridgehead atoms. The lowest BCUT2D eigenvalue weighted by Crippen LogP contribution is -1.60. The molecule has 0 unspecified atom stereocenters. The first kappa shape index (κ1) is 6.82. The molecule has 0 amide bonds. The van der Waals surface area contributed by atoms with Crippen molar-refractivity contribution < 1.29 is 0 Å². The molecule has 0 aromatic carbocycles. The Morgan fingerprint density at radius 1 is 0.875 bits per heavy atom. The lowest BCUT2D eigenvalue weighted by atomic mass is 10.7. The Morgan fingerprint density at radius 2 is 1.25 bits per heavy atom. The van der Waals surface area contributed by atoms with E-state index in [1.807, 2.05) is 0 Å². The number of rotatable bonds is 3. The Hall–Kier alpha value is -1.18. The maximum absolute atomic E-state index is 3.53. The first-order valence-corrected chi connectivity index (χ1v) is 2.20. The Balaban J connectivity index is 3.41. The average Bonchev–Trinajstić information content (AvgIpc) is 1.81. The monoisotopic (exact) mass is 108 g/mol. The van der Waals surface area contributed by atoms with Crippen molar-refractivity contribution in [3.63, 3.8) is 0 Å². The minimum absolute atomic E-state index is 1.50. The first-order valence-electron chi connectivity index (χ1n) is 2.20. The molecule has 2 nitrogen and oxygen atoms in total. The molecule has 8 heavy (non-hydrogen) atoms. The van der Waals surface area contributed by atoms with Gasteiger partial charge in [0.15, 0.2) is 0 Å². The third-order valence-electron chi connectivity index (χ3n) is 0.411. The summed E-state index contributed by atoms with van der Waals surface area (Å²) < 4.78 is 0. The molecule has 42 valence electrons. The Bertz CT molecular complexity index is 106. The van der Waals surface area contributed by atoms with E-state index in [1.165, 1.54) is 12.4 Å². The van der Waals surface area contributed by atoms with Crippen LogP contribution in [0.4, 0.5) is 0 Å². The molecule has 0 radical (unpaired) electrons. The summed E-state index contributed by atoms with van der Waals surface area (Å²) in [6.45, 7) is 6.82. The van der Waals surface area contributed by atoms with Crippen LogP contribution in [0.3, 0.4) is 0 Å². The van der Waals surface area contributed by atoms with Gasteiger partial charge in [-0.1, -0.05) is 13.2 Å². The van der Waals surface area contributed by atoms with Gasteiger partial charge in [0.1, 0.15) is 0 Å². The van der Waals surface area contributed by atoms with Gasteiger partial charge in [0.05, 0.1) is 0 Å². The Labute approximate surface area is 48.9 Å². The van der Waals surface area contributed by atoms with Crippen molar-refractivity contribution in [2.75, 3.05) is 0 Å². The third-order valence-corrected chi connectivity index (χ3v) is 0.411. The van der Waals surface area contributed by atoms with Gasteiger partial charge in [-0.05, 0) is 12.2 Å². The summed E-state index contributed by atoms with van der Waals surface area (Å²) in [5, 5.41) is 7.07. The van der Waals surface area contributed by atoms with Crippen molar-refractivity contribution in [2.24, 2.45) is 10.2 Å². The van der Waals surface area contributed by atoms with Crippen molar-refractivity contribution >= 4 is 12.4 Å². The molecule has 0 aliphatic heterocycles. The maximum atomic E-state index is 3.53. The van der Waals surface area contributed by atoms with Crippen LogP contribution in [0.5, 0.6) is 0 Å². The first-order chi connectivity index (χ1) is 3.91.